The summed E-state index contributed by atoms with van der Waals surface area (Å²) in [6.07, 6.45) is -0.00913. The van der Waals surface area contributed by atoms with Gasteiger partial charge in [-0.1, -0.05) is 6.07 Å². The van der Waals surface area contributed by atoms with Crippen LogP contribution in [0, 0.1) is 13.8 Å². The molecule has 0 radical (unpaired) electrons. The molecule has 0 saturated carbocycles. The van der Waals surface area contributed by atoms with Gasteiger partial charge in [-0.05, 0) is 47.5 Å². The van der Waals surface area contributed by atoms with Crippen molar-refractivity contribution in [2.45, 2.75) is 26.4 Å². The van der Waals surface area contributed by atoms with Crippen molar-refractivity contribution in [1.82, 2.24) is 4.98 Å². The molecular formula is C14H16BrNO2S. The molecule has 1 aromatic heterocycles. The topological polar surface area (TPSA) is 42.4 Å². The lowest BCUT2D eigenvalue weighted by Crippen LogP contribution is -2.02. The maximum Gasteiger partial charge on any atom is 0.133 e. The van der Waals surface area contributed by atoms with Crippen molar-refractivity contribution in [3.63, 3.8) is 0 Å². The van der Waals surface area contributed by atoms with E-state index < -0.39 is 6.10 Å². The van der Waals surface area contributed by atoms with E-state index in [1.807, 2.05) is 32.0 Å². The van der Waals surface area contributed by atoms with Gasteiger partial charge in [0.15, 0.2) is 0 Å². The molecule has 5 heteroatoms. The van der Waals surface area contributed by atoms with E-state index in [1.165, 1.54) is 4.88 Å². The van der Waals surface area contributed by atoms with E-state index in [-0.39, 0.29) is 0 Å². The van der Waals surface area contributed by atoms with E-state index in [1.54, 1.807) is 18.4 Å². The number of halogens is 1. The molecule has 1 heterocycles. The molecule has 0 aliphatic carbocycles. The number of ether oxygens (including phenoxy) is 1. The Bertz CT molecular complexity index is 563. The number of aliphatic hydroxyl groups is 1. The van der Waals surface area contributed by atoms with Crippen molar-refractivity contribution in [3.8, 4) is 5.75 Å². The predicted molar refractivity (Wildman–Crippen MR) is 80.9 cm³/mol. The van der Waals surface area contributed by atoms with E-state index in [4.69, 9.17) is 4.74 Å². The number of aromatic nitrogens is 1. The molecule has 0 fully saturated rings. The first-order chi connectivity index (χ1) is 9.01. The van der Waals surface area contributed by atoms with Crippen LogP contribution >= 0.6 is 27.3 Å². The van der Waals surface area contributed by atoms with Crippen LogP contribution in [0.3, 0.4) is 0 Å². The maximum atomic E-state index is 10.3. The molecule has 0 aliphatic rings. The lowest BCUT2D eigenvalue weighted by Gasteiger charge is -2.11. The highest BCUT2D eigenvalue weighted by Crippen LogP contribution is 2.30. The zero-order valence-electron chi connectivity index (χ0n) is 11.1. The monoisotopic (exact) mass is 341 g/mol. The third-order valence-electron chi connectivity index (χ3n) is 3.00. The van der Waals surface area contributed by atoms with Gasteiger partial charge in [0, 0.05) is 11.3 Å². The molecule has 1 unspecified atom stereocenters. The van der Waals surface area contributed by atoms with Gasteiger partial charge < -0.3 is 9.84 Å². The zero-order chi connectivity index (χ0) is 14.0. The first-order valence-corrected chi connectivity index (χ1v) is 7.56. The molecule has 1 aromatic carbocycles. The second kappa shape index (κ2) is 6.03. The summed E-state index contributed by atoms with van der Waals surface area (Å²) in [5.41, 5.74) is 1.90. The van der Waals surface area contributed by atoms with E-state index in [0.717, 1.165) is 26.5 Å². The number of methoxy groups -OCH3 is 1. The number of hydrogen-bond donors (Lipinski definition) is 1. The molecule has 0 saturated heterocycles. The third-order valence-corrected chi connectivity index (χ3v) is 4.72. The van der Waals surface area contributed by atoms with Gasteiger partial charge in [-0.3, -0.25) is 0 Å². The Balaban J connectivity index is 2.15. The quantitative estimate of drug-likeness (QED) is 0.919. The number of nitrogens with zero attached hydrogens (tertiary/aromatic N) is 1. The van der Waals surface area contributed by atoms with Crippen LogP contribution in [0.15, 0.2) is 22.7 Å². The van der Waals surface area contributed by atoms with E-state index in [2.05, 4.69) is 20.9 Å². The molecule has 0 bridgehead atoms. The van der Waals surface area contributed by atoms with Crippen LogP contribution in [0.4, 0.5) is 0 Å². The Hall–Kier alpha value is -0.910. The molecule has 1 atom stereocenters. The Morgan fingerprint density at radius 2 is 2.16 bits per heavy atom. The molecule has 1 N–H and O–H groups in total. The van der Waals surface area contributed by atoms with Gasteiger partial charge in [-0.25, -0.2) is 4.98 Å². The molecule has 19 heavy (non-hydrogen) atoms. The number of rotatable bonds is 4. The van der Waals surface area contributed by atoms with Crippen LogP contribution in [0.2, 0.25) is 0 Å². The predicted octanol–water partition coefficient (Wildman–Crippen LogP) is 3.81. The van der Waals surface area contributed by atoms with Crippen LogP contribution < -0.4 is 4.74 Å². The van der Waals surface area contributed by atoms with Gasteiger partial charge in [0.2, 0.25) is 0 Å². The highest BCUT2D eigenvalue weighted by atomic mass is 79.9. The van der Waals surface area contributed by atoms with Gasteiger partial charge in [0.05, 0.1) is 28.4 Å². The fraction of sp³-hybridized carbons (Fsp3) is 0.357. The van der Waals surface area contributed by atoms with Crippen molar-refractivity contribution in [1.29, 1.82) is 0 Å². The lowest BCUT2D eigenvalue weighted by molar-refractivity contribution is 0.178. The lowest BCUT2D eigenvalue weighted by atomic mass is 10.1. The summed E-state index contributed by atoms with van der Waals surface area (Å²) in [6.45, 7) is 4.04. The Labute approximate surface area is 125 Å². The normalized spacial score (nSPS) is 12.5. The van der Waals surface area contributed by atoms with Crippen molar-refractivity contribution in [2.75, 3.05) is 7.11 Å². The number of aliphatic hydroxyl groups excluding tert-OH is 1. The van der Waals surface area contributed by atoms with Gasteiger partial charge >= 0.3 is 0 Å². The number of aryl methyl sites for hydroxylation is 2. The molecule has 0 spiro atoms. The van der Waals surface area contributed by atoms with E-state index >= 15 is 0 Å². The zero-order valence-corrected chi connectivity index (χ0v) is 13.5. The summed E-state index contributed by atoms with van der Waals surface area (Å²) in [6, 6.07) is 5.61. The number of thiazole rings is 1. The minimum Gasteiger partial charge on any atom is -0.496 e. The van der Waals surface area contributed by atoms with Gasteiger partial charge in [0.25, 0.3) is 0 Å². The van der Waals surface area contributed by atoms with E-state index in [9.17, 15) is 5.11 Å². The molecule has 102 valence electrons. The van der Waals surface area contributed by atoms with Crippen molar-refractivity contribution < 1.29 is 9.84 Å². The number of benzene rings is 1. The summed E-state index contributed by atoms with van der Waals surface area (Å²) in [7, 11) is 1.62. The van der Waals surface area contributed by atoms with Crippen LogP contribution in [-0.4, -0.2) is 17.2 Å². The fourth-order valence-electron chi connectivity index (χ4n) is 1.80. The Kier molecular flexibility index (Phi) is 4.60. The molecule has 0 amide bonds. The van der Waals surface area contributed by atoms with Gasteiger partial charge in [0.1, 0.15) is 5.75 Å². The van der Waals surface area contributed by atoms with Crippen LogP contribution in [0.1, 0.15) is 27.2 Å². The average molecular weight is 342 g/mol. The van der Waals surface area contributed by atoms with Crippen molar-refractivity contribution in [3.05, 3.63) is 43.8 Å². The van der Waals surface area contributed by atoms with Gasteiger partial charge in [-0.2, -0.15) is 0 Å². The number of hydrogen-bond acceptors (Lipinski definition) is 4. The fourth-order valence-corrected chi connectivity index (χ4v) is 3.33. The highest BCUT2D eigenvalue weighted by molar-refractivity contribution is 9.10. The first kappa shape index (κ1) is 14.5. The Morgan fingerprint density at radius 1 is 1.42 bits per heavy atom. The summed E-state index contributed by atoms with van der Waals surface area (Å²) < 4.78 is 6.02. The van der Waals surface area contributed by atoms with Crippen molar-refractivity contribution in [2.24, 2.45) is 0 Å². The summed E-state index contributed by atoms with van der Waals surface area (Å²) >= 11 is 5.07. The van der Waals surface area contributed by atoms with Crippen molar-refractivity contribution >= 4 is 27.3 Å². The van der Waals surface area contributed by atoms with Gasteiger partial charge in [-0.15, -0.1) is 11.3 Å². The summed E-state index contributed by atoms with van der Waals surface area (Å²) in [4.78, 5) is 5.66. The van der Waals surface area contributed by atoms with Crippen LogP contribution in [0.5, 0.6) is 5.75 Å². The molecule has 0 aliphatic heterocycles. The summed E-state index contributed by atoms with van der Waals surface area (Å²) in [5, 5.41) is 11.2. The molecular weight excluding hydrogens is 326 g/mol. The summed E-state index contributed by atoms with van der Waals surface area (Å²) in [5.74, 6) is 0.761. The standard InChI is InChI=1S/C14H16BrNO2S/c1-8-9(2)19-14(16-8)7-12(17)10-4-5-13(18-3)11(15)6-10/h4-6,12,17H,7H2,1-3H3. The minimum atomic E-state index is -0.549. The second-order valence-electron chi connectivity index (χ2n) is 4.36. The van der Waals surface area contributed by atoms with Crippen LogP contribution in [-0.2, 0) is 6.42 Å². The Morgan fingerprint density at radius 3 is 2.68 bits per heavy atom. The van der Waals surface area contributed by atoms with E-state index in [0.29, 0.717) is 6.42 Å². The largest absolute Gasteiger partial charge is 0.496 e. The molecule has 3 nitrogen and oxygen atoms in total. The smallest absolute Gasteiger partial charge is 0.133 e. The second-order valence-corrected chi connectivity index (χ2v) is 6.51. The first-order valence-electron chi connectivity index (χ1n) is 5.95. The average Bonchev–Trinajstić information content (AvgIpc) is 2.68. The highest BCUT2D eigenvalue weighted by Gasteiger charge is 2.14. The molecule has 2 rings (SSSR count). The third kappa shape index (κ3) is 3.35. The van der Waals surface area contributed by atoms with Crippen LogP contribution in [0.25, 0.3) is 0 Å². The minimum absolute atomic E-state index is 0.540. The maximum absolute atomic E-state index is 10.3. The SMILES string of the molecule is COc1ccc(C(O)Cc2nc(C)c(C)s2)cc1Br. The molecule has 2 aromatic rings.